The maximum absolute atomic E-state index is 12.7. The second-order valence-corrected chi connectivity index (χ2v) is 3.77. The summed E-state index contributed by atoms with van der Waals surface area (Å²) < 4.78 is 18.4. The van der Waals surface area contributed by atoms with Gasteiger partial charge in [0.15, 0.2) is 0 Å². The molecular weight excluding hydrogens is 197 g/mol. The van der Waals surface area contributed by atoms with Gasteiger partial charge in [0.1, 0.15) is 18.5 Å². The standard InChI is InChI=1S/C11H10FNO2/c12-9-3-1-7(2-4-9)11-10-8(5-14-11)6-15-13-10/h1-4,8,11H,5-6H2. The summed E-state index contributed by atoms with van der Waals surface area (Å²) in [5, 5.41) is 3.98. The van der Waals surface area contributed by atoms with Crippen molar-refractivity contribution in [3.05, 3.63) is 35.6 Å². The van der Waals surface area contributed by atoms with Crippen LogP contribution < -0.4 is 0 Å². The molecule has 2 aliphatic rings. The van der Waals surface area contributed by atoms with E-state index in [-0.39, 0.29) is 17.8 Å². The molecule has 1 fully saturated rings. The van der Waals surface area contributed by atoms with Gasteiger partial charge in [-0.25, -0.2) is 4.39 Å². The number of benzene rings is 1. The molecule has 2 aliphatic heterocycles. The summed E-state index contributed by atoms with van der Waals surface area (Å²) in [5.41, 5.74) is 1.87. The van der Waals surface area contributed by atoms with Crippen LogP contribution in [-0.2, 0) is 9.57 Å². The van der Waals surface area contributed by atoms with E-state index in [1.165, 1.54) is 12.1 Å². The molecule has 1 aromatic carbocycles. The van der Waals surface area contributed by atoms with Gasteiger partial charge in [-0.1, -0.05) is 17.3 Å². The number of rotatable bonds is 1. The topological polar surface area (TPSA) is 30.8 Å². The van der Waals surface area contributed by atoms with Crippen molar-refractivity contribution in [2.24, 2.45) is 11.1 Å². The molecule has 0 N–H and O–H groups in total. The summed E-state index contributed by atoms with van der Waals surface area (Å²) in [6.45, 7) is 1.24. The number of ether oxygens (including phenoxy) is 1. The summed E-state index contributed by atoms with van der Waals surface area (Å²) in [6.07, 6.45) is -0.155. The largest absolute Gasteiger partial charge is 0.395 e. The van der Waals surface area contributed by atoms with E-state index >= 15 is 0 Å². The molecule has 1 saturated heterocycles. The van der Waals surface area contributed by atoms with Crippen molar-refractivity contribution in [1.29, 1.82) is 0 Å². The van der Waals surface area contributed by atoms with Gasteiger partial charge >= 0.3 is 0 Å². The van der Waals surface area contributed by atoms with Crippen molar-refractivity contribution >= 4 is 5.71 Å². The van der Waals surface area contributed by atoms with Gasteiger partial charge in [0.25, 0.3) is 0 Å². The number of oxime groups is 1. The number of fused-ring (bicyclic) bond motifs is 1. The summed E-state index contributed by atoms with van der Waals surface area (Å²) in [5.74, 6) is 0.0398. The van der Waals surface area contributed by atoms with Gasteiger partial charge in [-0.2, -0.15) is 0 Å². The van der Waals surface area contributed by atoms with Crippen molar-refractivity contribution in [2.75, 3.05) is 13.2 Å². The highest BCUT2D eigenvalue weighted by Gasteiger charge is 2.38. The molecule has 0 saturated carbocycles. The van der Waals surface area contributed by atoms with Gasteiger partial charge in [0.2, 0.25) is 0 Å². The first-order valence-electron chi connectivity index (χ1n) is 4.91. The molecule has 3 nitrogen and oxygen atoms in total. The summed E-state index contributed by atoms with van der Waals surface area (Å²) in [6, 6.07) is 6.32. The van der Waals surface area contributed by atoms with E-state index < -0.39 is 0 Å². The van der Waals surface area contributed by atoms with Gasteiger partial charge in [-0.15, -0.1) is 0 Å². The SMILES string of the molecule is Fc1ccc(C2OCC3CON=C32)cc1. The molecule has 0 aliphatic carbocycles. The van der Waals surface area contributed by atoms with Crippen molar-refractivity contribution in [3.8, 4) is 0 Å². The van der Waals surface area contributed by atoms with Gasteiger partial charge in [0, 0.05) is 0 Å². The van der Waals surface area contributed by atoms with Gasteiger partial charge in [0.05, 0.1) is 18.2 Å². The summed E-state index contributed by atoms with van der Waals surface area (Å²) >= 11 is 0. The van der Waals surface area contributed by atoms with E-state index in [0.29, 0.717) is 13.2 Å². The first-order chi connectivity index (χ1) is 7.34. The molecular formula is C11H10FNO2. The van der Waals surface area contributed by atoms with E-state index in [1.807, 2.05) is 0 Å². The molecule has 4 heteroatoms. The Morgan fingerprint density at radius 2 is 2.00 bits per heavy atom. The average molecular weight is 207 g/mol. The lowest BCUT2D eigenvalue weighted by molar-refractivity contribution is 0.0792. The van der Waals surface area contributed by atoms with E-state index in [4.69, 9.17) is 9.57 Å². The Balaban J connectivity index is 1.91. The zero-order valence-electron chi connectivity index (χ0n) is 8.02. The zero-order chi connectivity index (χ0) is 10.3. The Kier molecular flexibility index (Phi) is 1.95. The van der Waals surface area contributed by atoms with Crippen LogP contribution in [-0.4, -0.2) is 18.9 Å². The third kappa shape index (κ3) is 1.41. The minimum atomic E-state index is -0.238. The molecule has 78 valence electrons. The lowest BCUT2D eigenvalue weighted by Gasteiger charge is -2.09. The molecule has 1 aromatic rings. The molecule has 0 radical (unpaired) electrons. The monoisotopic (exact) mass is 207 g/mol. The summed E-state index contributed by atoms with van der Waals surface area (Å²) in [4.78, 5) is 5.02. The number of nitrogens with zero attached hydrogens (tertiary/aromatic N) is 1. The zero-order valence-corrected chi connectivity index (χ0v) is 8.02. The van der Waals surface area contributed by atoms with Crippen LogP contribution in [0.15, 0.2) is 29.4 Å². The molecule has 2 heterocycles. The number of hydrogen-bond acceptors (Lipinski definition) is 3. The van der Waals surface area contributed by atoms with Crippen molar-refractivity contribution < 1.29 is 14.0 Å². The number of halogens is 1. The molecule has 0 amide bonds. The predicted octanol–water partition coefficient (Wildman–Crippen LogP) is 1.90. The van der Waals surface area contributed by atoms with Crippen LogP contribution in [0.3, 0.4) is 0 Å². The lowest BCUT2D eigenvalue weighted by atomic mass is 9.99. The van der Waals surface area contributed by atoms with Crippen LogP contribution in [0.25, 0.3) is 0 Å². The van der Waals surface area contributed by atoms with Crippen molar-refractivity contribution in [2.45, 2.75) is 6.10 Å². The first-order valence-corrected chi connectivity index (χ1v) is 4.91. The smallest absolute Gasteiger partial charge is 0.127 e. The van der Waals surface area contributed by atoms with Crippen molar-refractivity contribution in [3.63, 3.8) is 0 Å². The molecule has 3 rings (SSSR count). The molecule has 2 unspecified atom stereocenters. The fourth-order valence-corrected chi connectivity index (χ4v) is 1.96. The third-order valence-corrected chi connectivity index (χ3v) is 2.77. The Morgan fingerprint density at radius 3 is 2.80 bits per heavy atom. The lowest BCUT2D eigenvalue weighted by Crippen LogP contribution is -2.12. The summed E-state index contributed by atoms with van der Waals surface area (Å²) in [7, 11) is 0. The fourth-order valence-electron chi connectivity index (χ4n) is 1.96. The average Bonchev–Trinajstić information content (AvgIpc) is 2.80. The maximum atomic E-state index is 12.7. The molecule has 2 atom stereocenters. The van der Waals surface area contributed by atoms with Gasteiger partial charge in [-0.05, 0) is 17.7 Å². The van der Waals surface area contributed by atoms with Crippen LogP contribution in [0.4, 0.5) is 4.39 Å². The first kappa shape index (κ1) is 8.85. The Morgan fingerprint density at radius 1 is 1.20 bits per heavy atom. The Hall–Kier alpha value is -1.42. The van der Waals surface area contributed by atoms with Crippen LogP contribution in [0.5, 0.6) is 0 Å². The van der Waals surface area contributed by atoms with Crippen molar-refractivity contribution in [1.82, 2.24) is 0 Å². The predicted molar refractivity (Wildman–Crippen MR) is 52.0 cm³/mol. The second-order valence-electron chi connectivity index (χ2n) is 3.77. The highest BCUT2D eigenvalue weighted by atomic mass is 19.1. The minimum Gasteiger partial charge on any atom is -0.395 e. The highest BCUT2D eigenvalue weighted by Crippen LogP contribution is 2.33. The molecule has 15 heavy (non-hydrogen) atoms. The molecule has 0 spiro atoms. The minimum absolute atomic E-state index is 0.155. The molecule has 0 bridgehead atoms. The maximum Gasteiger partial charge on any atom is 0.127 e. The normalized spacial score (nSPS) is 28.5. The van der Waals surface area contributed by atoms with E-state index in [0.717, 1.165) is 11.3 Å². The van der Waals surface area contributed by atoms with Crippen LogP contribution in [0.2, 0.25) is 0 Å². The third-order valence-electron chi connectivity index (χ3n) is 2.77. The highest BCUT2D eigenvalue weighted by molar-refractivity contribution is 5.93. The Bertz CT molecular complexity index is 402. The van der Waals surface area contributed by atoms with Crippen LogP contribution >= 0.6 is 0 Å². The number of hydrogen-bond donors (Lipinski definition) is 0. The van der Waals surface area contributed by atoms with E-state index in [1.54, 1.807) is 12.1 Å². The van der Waals surface area contributed by atoms with E-state index in [9.17, 15) is 4.39 Å². The molecule has 0 aromatic heterocycles. The fraction of sp³-hybridized carbons (Fsp3) is 0.364. The van der Waals surface area contributed by atoms with Gasteiger partial charge in [-0.3, -0.25) is 0 Å². The Labute approximate surface area is 86.5 Å². The van der Waals surface area contributed by atoms with Crippen LogP contribution in [0.1, 0.15) is 11.7 Å². The van der Waals surface area contributed by atoms with E-state index in [2.05, 4.69) is 5.16 Å². The van der Waals surface area contributed by atoms with Gasteiger partial charge < -0.3 is 9.57 Å². The van der Waals surface area contributed by atoms with Crippen LogP contribution in [0, 0.1) is 11.7 Å². The second kappa shape index (κ2) is 3.31. The quantitative estimate of drug-likeness (QED) is 0.704.